The topological polar surface area (TPSA) is 52.6 Å². The maximum Gasteiger partial charge on any atom is 0.334 e. The number of esters is 2. The van der Waals surface area contributed by atoms with Crippen LogP contribution in [0.4, 0.5) is 0 Å². The largest absolute Gasteiger partial charge is 0.463 e. The minimum atomic E-state index is -0.371. The lowest BCUT2D eigenvalue weighted by atomic mass is 9.94. The Balaban J connectivity index is 4.88. The molecule has 4 nitrogen and oxygen atoms in total. The second kappa shape index (κ2) is 15.9. The van der Waals surface area contributed by atoms with E-state index in [1.807, 2.05) is 13.8 Å². The molecule has 0 rings (SSSR count). The maximum atomic E-state index is 12.4. The fourth-order valence-corrected chi connectivity index (χ4v) is 2.99. The molecular formula is C22H40O4. The van der Waals surface area contributed by atoms with E-state index in [1.165, 1.54) is 38.5 Å². The van der Waals surface area contributed by atoms with Crippen LogP contribution in [0, 0.1) is 5.92 Å². The van der Waals surface area contributed by atoms with Gasteiger partial charge in [-0.1, -0.05) is 65.7 Å². The maximum absolute atomic E-state index is 12.4. The molecule has 0 aromatic carbocycles. The second-order valence-electron chi connectivity index (χ2n) is 7.22. The van der Waals surface area contributed by atoms with Crippen LogP contribution in [0.15, 0.2) is 11.1 Å². The second-order valence-corrected chi connectivity index (χ2v) is 7.22. The molecule has 0 aliphatic rings. The van der Waals surface area contributed by atoms with Crippen molar-refractivity contribution in [2.45, 2.75) is 98.8 Å². The minimum Gasteiger partial charge on any atom is -0.463 e. The number of carbonyl (C=O) groups excluding carboxylic acids is 2. The van der Waals surface area contributed by atoms with Gasteiger partial charge < -0.3 is 9.47 Å². The zero-order valence-corrected chi connectivity index (χ0v) is 17.7. The Bertz CT molecular complexity index is 424. The van der Waals surface area contributed by atoms with E-state index in [0.29, 0.717) is 37.2 Å². The standard InChI is InChI=1S/C22H40O4/c1-6-9-10-11-12-13-14-15-16-19(21(23)25-7-2)20(17-18(4)5)22(24)26-8-3/h18H,6-17H2,1-5H3. The van der Waals surface area contributed by atoms with E-state index in [-0.39, 0.29) is 17.9 Å². The van der Waals surface area contributed by atoms with Crippen molar-refractivity contribution >= 4 is 11.9 Å². The third-order valence-corrected chi connectivity index (χ3v) is 4.30. The molecule has 0 aliphatic carbocycles. The van der Waals surface area contributed by atoms with Gasteiger partial charge in [0.15, 0.2) is 0 Å². The first kappa shape index (κ1) is 24.7. The molecule has 4 heteroatoms. The van der Waals surface area contributed by atoms with Gasteiger partial charge in [0, 0.05) is 11.1 Å². The normalized spacial score (nSPS) is 12.1. The molecule has 0 atom stereocenters. The van der Waals surface area contributed by atoms with Gasteiger partial charge in [0.25, 0.3) is 0 Å². The number of carbonyl (C=O) groups is 2. The Labute approximate surface area is 160 Å². The van der Waals surface area contributed by atoms with E-state index in [4.69, 9.17) is 9.47 Å². The number of hydrogen-bond donors (Lipinski definition) is 0. The van der Waals surface area contributed by atoms with Crippen LogP contribution in [-0.2, 0) is 19.1 Å². The van der Waals surface area contributed by atoms with Crippen molar-refractivity contribution in [3.8, 4) is 0 Å². The van der Waals surface area contributed by atoms with Crippen LogP contribution in [0.5, 0.6) is 0 Å². The summed E-state index contributed by atoms with van der Waals surface area (Å²) in [5.74, 6) is -0.458. The highest BCUT2D eigenvalue weighted by Gasteiger charge is 2.23. The van der Waals surface area contributed by atoms with Crippen molar-refractivity contribution < 1.29 is 19.1 Å². The van der Waals surface area contributed by atoms with Crippen LogP contribution < -0.4 is 0 Å². The van der Waals surface area contributed by atoms with E-state index < -0.39 is 0 Å². The molecule has 0 aromatic heterocycles. The van der Waals surface area contributed by atoms with Gasteiger partial charge >= 0.3 is 11.9 Å². The predicted molar refractivity (Wildman–Crippen MR) is 107 cm³/mol. The quantitative estimate of drug-likeness (QED) is 0.202. The smallest absolute Gasteiger partial charge is 0.334 e. The Hall–Kier alpha value is -1.32. The van der Waals surface area contributed by atoms with Gasteiger partial charge in [-0.15, -0.1) is 0 Å². The number of ether oxygens (including phenoxy) is 2. The van der Waals surface area contributed by atoms with Crippen molar-refractivity contribution in [1.29, 1.82) is 0 Å². The highest BCUT2D eigenvalue weighted by atomic mass is 16.5. The first-order valence-electron chi connectivity index (χ1n) is 10.5. The fraction of sp³-hybridized carbons (Fsp3) is 0.818. The zero-order valence-electron chi connectivity index (χ0n) is 17.7. The van der Waals surface area contributed by atoms with Crippen molar-refractivity contribution in [1.82, 2.24) is 0 Å². The van der Waals surface area contributed by atoms with E-state index in [2.05, 4.69) is 6.92 Å². The summed E-state index contributed by atoms with van der Waals surface area (Å²) in [6.45, 7) is 10.5. The van der Waals surface area contributed by atoms with Crippen LogP contribution in [-0.4, -0.2) is 25.2 Å². The summed E-state index contributed by atoms with van der Waals surface area (Å²) < 4.78 is 10.4. The molecule has 0 fully saturated rings. The molecule has 0 saturated heterocycles. The molecule has 0 saturated carbocycles. The molecule has 26 heavy (non-hydrogen) atoms. The third-order valence-electron chi connectivity index (χ3n) is 4.30. The molecule has 0 radical (unpaired) electrons. The van der Waals surface area contributed by atoms with Crippen molar-refractivity contribution in [3.05, 3.63) is 11.1 Å². The van der Waals surface area contributed by atoms with Crippen molar-refractivity contribution in [3.63, 3.8) is 0 Å². The highest BCUT2D eigenvalue weighted by molar-refractivity contribution is 6.00. The molecular weight excluding hydrogens is 328 g/mol. The van der Waals surface area contributed by atoms with Crippen molar-refractivity contribution in [2.24, 2.45) is 5.92 Å². The zero-order chi connectivity index (χ0) is 19.8. The van der Waals surface area contributed by atoms with E-state index in [0.717, 1.165) is 12.8 Å². The Morgan fingerprint density at radius 1 is 0.692 bits per heavy atom. The molecule has 0 spiro atoms. The van der Waals surface area contributed by atoms with E-state index in [9.17, 15) is 9.59 Å². The van der Waals surface area contributed by atoms with Gasteiger partial charge in [0.2, 0.25) is 0 Å². The molecule has 0 aromatic rings. The van der Waals surface area contributed by atoms with Crippen molar-refractivity contribution in [2.75, 3.05) is 13.2 Å². The molecule has 0 amide bonds. The summed E-state index contributed by atoms with van der Waals surface area (Å²) in [5.41, 5.74) is 1.02. The molecule has 0 heterocycles. The molecule has 152 valence electrons. The van der Waals surface area contributed by atoms with Gasteiger partial charge in [-0.05, 0) is 39.0 Å². The Morgan fingerprint density at radius 3 is 1.62 bits per heavy atom. The molecule has 0 bridgehead atoms. The first-order valence-corrected chi connectivity index (χ1v) is 10.5. The van der Waals surface area contributed by atoms with E-state index >= 15 is 0 Å². The predicted octanol–water partition coefficient (Wildman–Crippen LogP) is 5.99. The minimum absolute atomic E-state index is 0.275. The lowest BCUT2D eigenvalue weighted by Crippen LogP contribution is -2.18. The number of unbranched alkanes of at least 4 members (excludes halogenated alkanes) is 7. The first-order chi connectivity index (χ1) is 12.5. The lowest BCUT2D eigenvalue weighted by molar-refractivity contribution is -0.142. The van der Waals surface area contributed by atoms with Gasteiger partial charge in [0.1, 0.15) is 0 Å². The van der Waals surface area contributed by atoms with E-state index in [1.54, 1.807) is 13.8 Å². The number of hydrogen-bond acceptors (Lipinski definition) is 4. The number of rotatable bonds is 15. The summed E-state index contributed by atoms with van der Waals surface area (Å²) in [6.07, 6.45) is 10.7. The molecule has 0 N–H and O–H groups in total. The summed E-state index contributed by atoms with van der Waals surface area (Å²) in [5, 5.41) is 0. The van der Waals surface area contributed by atoms with Crippen LogP contribution >= 0.6 is 0 Å². The summed E-state index contributed by atoms with van der Waals surface area (Å²) in [4.78, 5) is 24.8. The van der Waals surface area contributed by atoms with Gasteiger partial charge in [-0.3, -0.25) is 0 Å². The fourth-order valence-electron chi connectivity index (χ4n) is 2.99. The Morgan fingerprint density at radius 2 is 1.15 bits per heavy atom. The summed E-state index contributed by atoms with van der Waals surface area (Å²) in [6, 6.07) is 0. The van der Waals surface area contributed by atoms with Gasteiger partial charge in [-0.25, -0.2) is 9.59 Å². The van der Waals surface area contributed by atoms with Gasteiger partial charge in [-0.2, -0.15) is 0 Å². The van der Waals surface area contributed by atoms with Gasteiger partial charge in [0.05, 0.1) is 13.2 Å². The summed E-state index contributed by atoms with van der Waals surface area (Å²) in [7, 11) is 0. The van der Waals surface area contributed by atoms with Crippen LogP contribution in [0.2, 0.25) is 0 Å². The average Bonchev–Trinajstić information content (AvgIpc) is 2.59. The Kier molecular flexibility index (Phi) is 15.1. The SMILES string of the molecule is CCCCCCCCCCC(C(=O)OCC)=C(CC(C)C)C(=O)OCC. The summed E-state index contributed by atoms with van der Waals surface area (Å²) >= 11 is 0. The molecule has 0 aliphatic heterocycles. The highest BCUT2D eigenvalue weighted by Crippen LogP contribution is 2.23. The van der Waals surface area contributed by atoms with Crippen LogP contribution in [0.3, 0.4) is 0 Å². The van der Waals surface area contributed by atoms with Crippen LogP contribution in [0.1, 0.15) is 98.8 Å². The average molecular weight is 369 g/mol. The lowest BCUT2D eigenvalue weighted by Gasteiger charge is -2.15. The molecule has 0 unspecified atom stereocenters. The van der Waals surface area contributed by atoms with Crippen LogP contribution in [0.25, 0.3) is 0 Å². The third kappa shape index (κ3) is 11.3. The monoisotopic (exact) mass is 368 g/mol.